The van der Waals surface area contributed by atoms with Crippen molar-refractivity contribution in [2.45, 2.75) is 6.92 Å². The van der Waals surface area contributed by atoms with Crippen LogP contribution in [0.1, 0.15) is 12.5 Å². The van der Waals surface area contributed by atoms with E-state index < -0.39 is 0 Å². The number of carbonyl (C=O) groups excluding carboxylic acids is 2. The summed E-state index contributed by atoms with van der Waals surface area (Å²) in [6.45, 7) is 1.39. The molecule has 2 rings (SSSR count). The molecule has 2 N–H and O–H groups in total. The second kappa shape index (κ2) is 8.55. The average Bonchev–Trinajstić information content (AvgIpc) is 2.57. The Bertz CT molecular complexity index is 835. The van der Waals surface area contributed by atoms with Gasteiger partial charge in [0.05, 0.1) is 28.5 Å². The van der Waals surface area contributed by atoms with Gasteiger partial charge in [0, 0.05) is 19.1 Å². The number of amides is 2. The molecule has 0 bridgehead atoms. The van der Waals surface area contributed by atoms with Gasteiger partial charge in [0.2, 0.25) is 11.8 Å². The molecule has 0 aliphatic heterocycles. The molecule has 130 valence electrons. The normalized spacial score (nSPS) is 10.6. The van der Waals surface area contributed by atoms with Crippen LogP contribution in [0, 0.1) is 0 Å². The number of ether oxygens (including phenoxy) is 1. The van der Waals surface area contributed by atoms with Crippen molar-refractivity contribution in [3.63, 3.8) is 0 Å². The van der Waals surface area contributed by atoms with Crippen LogP contribution in [0.3, 0.4) is 0 Å². The lowest BCUT2D eigenvalue weighted by atomic mass is 10.2. The number of nitrogens with one attached hydrogen (secondary N) is 2. The van der Waals surface area contributed by atoms with E-state index >= 15 is 0 Å². The summed E-state index contributed by atoms with van der Waals surface area (Å²) >= 11 is 11.8. The molecule has 5 nitrogen and oxygen atoms in total. The molecule has 7 heteroatoms. The SMILES string of the molecule is COc1ccc(NC(C)=O)c(NC(=O)C=Cc2ccc(Cl)c(Cl)c2)c1. The molecule has 0 spiro atoms. The van der Waals surface area contributed by atoms with Gasteiger partial charge in [-0.3, -0.25) is 9.59 Å². The first-order valence-electron chi connectivity index (χ1n) is 7.29. The standard InChI is InChI=1S/C18H16Cl2N2O3/c1-11(23)21-16-7-5-13(25-2)10-17(16)22-18(24)8-4-12-3-6-14(19)15(20)9-12/h3-10H,1-2H3,(H,21,23)(H,22,24). The van der Waals surface area contributed by atoms with Crippen molar-refractivity contribution < 1.29 is 14.3 Å². The molecule has 0 heterocycles. The molecule has 0 atom stereocenters. The zero-order chi connectivity index (χ0) is 18.4. The van der Waals surface area contributed by atoms with Gasteiger partial charge < -0.3 is 15.4 Å². The molecule has 25 heavy (non-hydrogen) atoms. The Morgan fingerprint density at radius 1 is 1.00 bits per heavy atom. The number of halogens is 2. The highest BCUT2D eigenvalue weighted by molar-refractivity contribution is 6.42. The molecular weight excluding hydrogens is 363 g/mol. The minimum atomic E-state index is -0.370. The lowest BCUT2D eigenvalue weighted by Crippen LogP contribution is -2.13. The number of hydrogen-bond acceptors (Lipinski definition) is 3. The number of carbonyl (C=O) groups is 2. The molecule has 2 amide bonds. The van der Waals surface area contributed by atoms with Crippen molar-refractivity contribution in [3.05, 3.63) is 58.1 Å². The van der Waals surface area contributed by atoms with Crippen molar-refractivity contribution in [2.24, 2.45) is 0 Å². The van der Waals surface area contributed by atoms with E-state index in [1.807, 2.05) is 0 Å². The highest BCUT2D eigenvalue weighted by atomic mass is 35.5. The second-order valence-corrected chi connectivity index (χ2v) is 5.90. The Balaban J connectivity index is 2.17. The van der Waals surface area contributed by atoms with Crippen LogP contribution in [0.5, 0.6) is 5.75 Å². The van der Waals surface area contributed by atoms with Gasteiger partial charge in [0.1, 0.15) is 5.75 Å². The predicted octanol–water partition coefficient (Wildman–Crippen LogP) is 4.61. The Morgan fingerprint density at radius 2 is 1.76 bits per heavy atom. The molecule has 0 aliphatic carbocycles. The first-order chi connectivity index (χ1) is 11.9. The quantitative estimate of drug-likeness (QED) is 0.746. The second-order valence-electron chi connectivity index (χ2n) is 5.09. The molecular formula is C18H16Cl2N2O3. The number of benzene rings is 2. The van der Waals surface area contributed by atoms with Crippen LogP contribution in [0.15, 0.2) is 42.5 Å². The van der Waals surface area contributed by atoms with E-state index in [4.69, 9.17) is 27.9 Å². The minimum absolute atomic E-state index is 0.244. The lowest BCUT2D eigenvalue weighted by molar-refractivity contribution is -0.114. The maximum atomic E-state index is 12.2. The van der Waals surface area contributed by atoms with Gasteiger partial charge in [-0.15, -0.1) is 0 Å². The summed E-state index contributed by atoms with van der Waals surface area (Å²) < 4.78 is 5.14. The summed E-state index contributed by atoms with van der Waals surface area (Å²) in [4.78, 5) is 23.4. The van der Waals surface area contributed by atoms with Gasteiger partial charge in [-0.25, -0.2) is 0 Å². The largest absolute Gasteiger partial charge is 0.497 e. The molecule has 0 saturated carbocycles. The summed E-state index contributed by atoms with van der Waals surface area (Å²) in [6.07, 6.45) is 2.96. The maximum Gasteiger partial charge on any atom is 0.248 e. The molecule has 0 aliphatic rings. The Kier molecular flexibility index (Phi) is 6.44. The summed E-state index contributed by atoms with van der Waals surface area (Å²) in [5, 5.41) is 6.21. The first kappa shape index (κ1) is 18.8. The zero-order valence-corrected chi connectivity index (χ0v) is 15.1. The fraction of sp³-hybridized carbons (Fsp3) is 0.111. The highest BCUT2D eigenvalue weighted by Crippen LogP contribution is 2.27. The van der Waals surface area contributed by atoms with Gasteiger partial charge in [-0.2, -0.15) is 0 Å². The molecule has 0 saturated heterocycles. The van der Waals surface area contributed by atoms with Crippen LogP contribution in [0.2, 0.25) is 10.0 Å². The third-order valence-electron chi connectivity index (χ3n) is 3.17. The zero-order valence-electron chi connectivity index (χ0n) is 13.6. The number of methoxy groups -OCH3 is 1. The predicted molar refractivity (Wildman–Crippen MR) is 101 cm³/mol. The minimum Gasteiger partial charge on any atom is -0.497 e. The van der Waals surface area contributed by atoms with E-state index in [9.17, 15) is 9.59 Å². The van der Waals surface area contributed by atoms with Gasteiger partial charge in [0.25, 0.3) is 0 Å². The summed E-state index contributed by atoms with van der Waals surface area (Å²) in [5.41, 5.74) is 1.64. The van der Waals surface area contributed by atoms with E-state index in [-0.39, 0.29) is 11.8 Å². The smallest absolute Gasteiger partial charge is 0.248 e. The third-order valence-corrected chi connectivity index (χ3v) is 3.91. The topological polar surface area (TPSA) is 67.4 Å². The van der Waals surface area contributed by atoms with Crippen LogP contribution in [0.4, 0.5) is 11.4 Å². The number of hydrogen-bond donors (Lipinski definition) is 2. The molecule has 0 fully saturated rings. The fourth-order valence-electron chi connectivity index (χ4n) is 2.01. The van der Waals surface area contributed by atoms with Gasteiger partial charge in [-0.1, -0.05) is 29.3 Å². The highest BCUT2D eigenvalue weighted by Gasteiger charge is 2.08. The van der Waals surface area contributed by atoms with E-state index in [1.54, 1.807) is 42.5 Å². The summed E-state index contributed by atoms with van der Waals surface area (Å²) in [7, 11) is 1.52. The Hall–Kier alpha value is -2.50. The Labute approximate surface area is 155 Å². The summed E-state index contributed by atoms with van der Waals surface area (Å²) in [5.74, 6) is -0.0594. The first-order valence-corrected chi connectivity index (χ1v) is 8.04. The van der Waals surface area contributed by atoms with Crippen molar-refractivity contribution in [2.75, 3.05) is 17.7 Å². The monoisotopic (exact) mass is 378 g/mol. The van der Waals surface area contributed by atoms with Gasteiger partial charge in [0.15, 0.2) is 0 Å². The van der Waals surface area contributed by atoms with Crippen molar-refractivity contribution in [1.82, 2.24) is 0 Å². The van der Waals surface area contributed by atoms with Crippen molar-refractivity contribution in [1.29, 1.82) is 0 Å². The van der Waals surface area contributed by atoms with Crippen LogP contribution in [0.25, 0.3) is 6.08 Å². The molecule has 2 aromatic carbocycles. The van der Waals surface area contributed by atoms with E-state index in [0.29, 0.717) is 27.2 Å². The van der Waals surface area contributed by atoms with Crippen LogP contribution >= 0.6 is 23.2 Å². The molecule has 0 aromatic heterocycles. The molecule has 0 unspecified atom stereocenters. The molecule has 0 radical (unpaired) electrons. The van der Waals surface area contributed by atoms with Gasteiger partial charge >= 0.3 is 0 Å². The maximum absolute atomic E-state index is 12.2. The van der Waals surface area contributed by atoms with Crippen molar-refractivity contribution >= 4 is 52.5 Å². The number of anilines is 2. The van der Waals surface area contributed by atoms with E-state index in [2.05, 4.69) is 10.6 Å². The van der Waals surface area contributed by atoms with Crippen LogP contribution in [-0.4, -0.2) is 18.9 Å². The van der Waals surface area contributed by atoms with Crippen LogP contribution < -0.4 is 15.4 Å². The van der Waals surface area contributed by atoms with E-state index in [0.717, 1.165) is 5.56 Å². The average molecular weight is 379 g/mol. The lowest BCUT2D eigenvalue weighted by Gasteiger charge is -2.12. The molecule has 2 aromatic rings. The van der Waals surface area contributed by atoms with E-state index in [1.165, 1.54) is 20.1 Å². The number of rotatable bonds is 5. The van der Waals surface area contributed by atoms with Gasteiger partial charge in [-0.05, 0) is 35.9 Å². The third kappa shape index (κ3) is 5.52. The fourth-order valence-corrected chi connectivity index (χ4v) is 2.32. The van der Waals surface area contributed by atoms with Crippen LogP contribution in [-0.2, 0) is 9.59 Å². The summed E-state index contributed by atoms with van der Waals surface area (Å²) in [6, 6.07) is 10.0. The Morgan fingerprint density at radius 3 is 2.40 bits per heavy atom. The van der Waals surface area contributed by atoms with Crippen molar-refractivity contribution in [3.8, 4) is 5.75 Å².